The molecule has 2 heterocycles. The van der Waals surface area contributed by atoms with Crippen LogP contribution in [0, 0.1) is 0 Å². The van der Waals surface area contributed by atoms with Crippen LogP contribution in [0.1, 0.15) is 23.2 Å². The Hall–Kier alpha value is -2.11. The second-order valence-electron chi connectivity index (χ2n) is 4.31. The van der Waals surface area contributed by atoms with Gasteiger partial charge in [-0.1, -0.05) is 0 Å². The van der Waals surface area contributed by atoms with Gasteiger partial charge < -0.3 is 5.32 Å². The van der Waals surface area contributed by atoms with Gasteiger partial charge in [0, 0.05) is 24.8 Å². The van der Waals surface area contributed by atoms with Crippen LogP contribution in [0.2, 0.25) is 0 Å². The Bertz CT molecular complexity index is 552. The van der Waals surface area contributed by atoms with Crippen LogP contribution in [0.25, 0.3) is 11.3 Å². The lowest BCUT2D eigenvalue weighted by atomic mass is 10.1. The molecule has 2 N–H and O–H groups in total. The van der Waals surface area contributed by atoms with Crippen molar-refractivity contribution in [2.24, 2.45) is 7.05 Å². The van der Waals surface area contributed by atoms with Gasteiger partial charge in [0.1, 0.15) is 0 Å². The van der Waals surface area contributed by atoms with Crippen LogP contribution >= 0.6 is 0 Å². The highest BCUT2D eigenvalue weighted by atomic mass is 16.1. The summed E-state index contributed by atoms with van der Waals surface area (Å²) in [5.74, 6) is -0.0693. The molecule has 1 amide bonds. The summed E-state index contributed by atoms with van der Waals surface area (Å²) in [4.78, 5) is 12.0. The molecule has 88 valence electrons. The Morgan fingerprint density at radius 1 is 1.53 bits per heavy atom. The van der Waals surface area contributed by atoms with Gasteiger partial charge in [0.05, 0.1) is 23.7 Å². The molecule has 1 aliphatic carbocycles. The average molecular weight is 231 g/mol. The minimum atomic E-state index is -0.0693. The monoisotopic (exact) mass is 231 g/mol. The van der Waals surface area contributed by atoms with Gasteiger partial charge in [-0.25, -0.2) is 0 Å². The quantitative estimate of drug-likeness (QED) is 0.816. The van der Waals surface area contributed by atoms with E-state index in [0.29, 0.717) is 11.6 Å². The van der Waals surface area contributed by atoms with Crippen molar-refractivity contribution in [2.45, 2.75) is 18.9 Å². The lowest BCUT2D eigenvalue weighted by Gasteiger charge is -2.02. The molecule has 0 aromatic carbocycles. The molecule has 1 aliphatic rings. The highest BCUT2D eigenvalue weighted by Gasteiger charge is 2.25. The van der Waals surface area contributed by atoms with Gasteiger partial charge in [-0.15, -0.1) is 0 Å². The number of aryl methyl sites for hydroxylation is 1. The first-order valence-corrected chi connectivity index (χ1v) is 5.57. The third-order valence-corrected chi connectivity index (χ3v) is 2.79. The number of carbonyl (C=O) groups is 1. The zero-order valence-electron chi connectivity index (χ0n) is 9.47. The van der Waals surface area contributed by atoms with Gasteiger partial charge in [0.15, 0.2) is 0 Å². The van der Waals surface area contributed by atoms with Crippen molar-refractivity contribution in [3.63, 3.8) is 0 Å². The molecule has 1 fully saturated rings. The number of aromatic amines is 1. The highest BCUT2D eigenvalue weighted by Crippen LogP contribution is 2.23. The van der Waals surface area contributed by atoms with Crippen LogP contribution < -0.4 is 5.32 Å². The molecule has 1 saturated carbocycles. The van der Waals surface area contributed by atoms with Gasteiger partial charge in [-0.3, -0.25) is 14.6 Å². The first kappa shape index (κ1) is 10.1. The molecule has 6 nitrogen and oxygen atoms in total. The van der Waals surface area contributed by atoms with Gasteiger partial charge >= 0.3 is 0 Å². The van der Waals surface area contributed by atoms with E-state index in [1.54, 1.807) is 17.1 Å². The van der Waals surface area contributed by atoms with E-state index >= 15 is 0 Å². The van der Waals surface area contributed by atoms with Crippen LogP contribution in [-0.2, 0) is 7.05 Å². The van der Waals surface area contributed by atoms with Crippen LogP contribution in [0.3, 0.4) is 0 Å². The minimum Gasteiger partial charge on any atom is -0.349 e. The molecule has 0 spiro atoms. The fraction of sp³-hybridized carbons (Fsp3) is 0.364. The van der Waals surface area contributed by atoms with Crippen molar-refractivity contribution in [1.29, 1.82) is 0 Å². The average Bonchev–Trinajstić information content (AvgIpc) is 2.81. The van der Waals surface area contributed by atoms with E-state index in [1.165, 1.54) is 0 Å². The van der Waals surface area contributed by atoms with Crippen molar-refractivity contribution < 1.29 is 4.79 Å². The summed E-state index contributed by atoms with van der Waals surface area (Å²) in [6, 6.07) is 0.346. The number of H-pyrrole nitrogens is 1. The maximum absolute atomic E-state index is 12.0. The molecular weight excluding hydrogens is 218 g/mol. The van der Waals surface area contributed by atoms with Crippen molar-refractivity contribution in [2.75, 3.05) is 0 Å². The van der Waals surface area contributed by atoms with E-state index in [1.807, 2.05) is 13.2 Å². The number of nitrogens with one attached hydrogen (secondary N) is 2. The fourth-order valence-corrected chi connectivity index (χ4v) is 1.72. The zero-order valence-corrected chi connectivity index (χ0v) is 9.47. The molecule has 0 bridgehead atoms. The van der Waals surface area contributed by atoms with Gasteiger partial charge in [0.25, 0.3) is 5.91 Å². The lowest BCUT2D eigenvalue weighted by Crippen LogP contribution is -2.25. The Labute approximate surface area is 98.0 Å². The Balaban J connectivity index is 1.90. The molecule has 0 atom stereocenters. The van der Waals surface area contributed by atoms with Crippen LogP contribution in [0.15, 0.2) is 18.6 Å². The molecule has 0 radical (unpaired) electrons. The van der Waals surface area contributed by atoms with Crippen molar-refractivity contribution in [3.05, 3.63) is 24.2 Å². The van der Waals surface area contributed by atoms with E-state index in [2.05, 4.69) is 20.6 Å². The van der Waals surface area contributed by atoms with Crippen LogP contribution in [0.5, 0.6) is 0 Å². The Kier molecular flexibility index (Phi) is 2.21. The predicted molar refractivity (Wildman–Crippen MR) is 61.3 cm³/mol. The molecule has 2 aromatic rings. The largest absolute Gasteiger partial charge is 0.349 e. The molecule has 2 aromatic heterocycles. The molecule has 17 heavy (non-hydrogen) atoms. The number of carbonyl (C=O) groups excluding carboxylic acids is 1. The van der Waals surface area contributed by atoms with Gasteiger partial charge in [0.2, 0.25) is 0 Å². The summed E-state index contributed by atoms with van der Waals surface area (Å²) in [6.07, 6.45) is 7.26. The topological polar surface area (TPSA) is 75.6 Å². The van der Waals surface area contributed by atoms with Gasteiger partial charge in [-0.2, -0.15) is 10.2 Å². The van der Waals surface area contributed by atoms with E-state index in [0.717, 1.165) is 24.1 Å². The summed E-state index contributed by atoms with van der Waals surface area (Å²) < 4.78 is 1.69. The second-order valence-corrected chi connectivity index (χ2v) is 4.31. The fourth-order valence-electron chi connectivity index (χ4n) is 1.72. The third-order valence-electron chi connectivity index (χ3n) is 2.79. The third kappa shape index (κ3) is 1.93. The zero-order chi connectivity index (χ0) is 11.8. The second kappa shape index (κ2) is 3.73. The minimum absolute atomic E-state index is 0.0693. The first-order chi connectivity index (χ1) is 8.24. The molecular formula is C11H13N5O. The summed E-state index contributed by atoms with van der Waals surface area (Å²) in [5.41, 5.74) is 2.16. The van der Waals surface area contributed by atoms with E-state index < -0.39 is 0 Å². The number of amides is 1. The summed E-state index contributed by atoms with van der Waals surface area (Å²) in [7, 11) is 1.84. The normalized spacial score (nSPS) is 14.9. The number of rotatable bonds is 3. The summed E-state index contributed by atoms with van der Waals surface area (Å²) in [5, 5.41) is 13.8. The summed E-state index contributed by atoms with van der Waals surface area (Å²) in [6.45, 7) is 0. The number of aromatic nitrogens is 4. The smallest absolute Gasteiger partial charge is 0.255 e. The van der Waals surface area contributed by atoms with E-state index in [9.17, 15) is 4.79 Å². The molecule has 0 unspecified atom stereocenters. The van der Waals surface area contributed by atoms with Crippen molar-refractivity contribution in [1.82, 2.24) is 25.3 Å². The predicted octanol–water partition coefficient (Wildman–Crippen LogP) is 0.702. The maximum Gasteiger partial charge on any atom is 0.255 e. The van der Waals surface area contributed by atoms with Crippen molar-refractivity contribution >= 4 is 5.91 Å². The number of hydrogen-bond acceptors (Lipinski definition) is 3. The number of nitrogens with zero attached hydrogens (tertiary/aromatic N) is 3. The first-order valence-electron chi connectivity index (χ1n) is 5.57. The lowest BCUT2D eigenvalue weighted by molar-refractivity contribution is 0.0952. The maximum atomic E-state index is 12.0. The molecule has 3 rings (SSSR count). The van der Waals surface area contributed by atoms with Crippen LogP contribution in [0.4, 0.5) is 0 Å². The molecule has 0 saturated heterocycles. The van der Waals surface area contributed by atoms with Crippen LogP contribution in [-0.4, -0.2) is 31.9 Å². The van der Waals surface area contributed by atoms with E-state index in [4.69, 9.17) is 0 Å². The Morgan fingerprint density at radius 3 is 3.00 bits per heavy atom. The van der Waals surface area contributed by atoms with Crippen molar-refractivity contribution in [3.8, 4) is 11.3 Å². The van der Waals surface area contributed by atoms with Gasteiger partial charge in [-0.05, 0) is 12.8 Å². The van der Waals surface area contributed by atoms with E-state index in [-0.39, 0.29) is 5.91 Å². The highest BCUT2D eigenvalue weighted by molar-refractivity contribution is 5.99. The standard InChI is InChI=1S/C11H13N5O/c1-16-6-7(4-13-16)10-9(5-12-15-10)11(17)14-8-2-3-8/h4-6,8H,2-3H2,1H3,(H,12,15)(H,14,17). The Morgan fingerprint density at radius 2 is 2.35 bits per heavy atom. The summed E-state index contributed by atoms with van der Waals surface area (Å²) >= 11 is 0. The SMILES string of the molecule is Cn1cc(-c2[nH]ncc2C(=O)NC2CC2)cn1. The molecule has 6 heteroatoms. The number of hydrogen-bond donors (Lipinski definition) is 2. The molecule has 0 aliphatic heterocycles.